The van der Waals surface area contributed by atoms with Gasteiger partial charge in [-0.3, -0.25) is 4.39 Å². The summed E-state index contributed by atoms with van der Waals surface area (Å²) in [6.07, 6.45) is 0.386. The van der Waals surface area contributed by atoms with Crippen LogP contribution in [0.25, 0.3) is 0 Å². The Labute approximate surface area is 120 Å². The monoisotopic (exact) mass is 285 g/mol. The molecule has 0 heterocycles. The van der Waals surface area contributed by atoms with Crippen LogP contribution in [0.4, 0.5) is 4.39 Å². The van der Waals surface area contributed by atoms with Crippen LogP contribution in [0.2, 0.25) is 0 Å². The molecule has 0 unspecified atom stereocenters. The molecule has 0 aliphatic heterocycles. The molecule has 0 radical (unpaired) electrons. The van der Waals surface area contributed by atoms with Gasteiger partial charge in [0.05, 0.1) is 26.5 Å². The fourth-order valence-electron chi connectivity index (χ4n) is 1.76. The number of para-hydroxylation sites is 1. The molecule has 1 rings (SSSR count). The first-order chi connectivity index (χ1) is 9.83. The molecular formula is C15H24FNO3. The van der Waals surface area contributed by atoms with Gasteiger partial charge in [-0.25, -0.2) is 0 Å². The van der Waals surface area contributed by atoms with Crippen molar-refractivity contribution < 1.29 is 18.6 Å². The van der Waals surface area contributed by atoms with Crippen molar-refractivity contribution in [2.45, 2.75) is 19.9 Å². The molecule has 0 amide bonds. The summed E-state index contributed by atoms with van der Waals surface area (Å²) in [5.41, 5.74) is 1.01. The largest absolute Gasteiger partial charge is 0.490 e. The molecule has 4 nitrogen and oxygen atoms in total. The molecule has 0 atom stereocenters. The summed E-state index contributed by atoms with van der Waals surface area (Å²) in [5.74, 6) is 1.41. The molecule has 0 spiro atoms. The van der Waals surface area contributed by atoms with Gasteiger partial charge in [-0.1, -0.05) is 12.1 Å². The number of hydrogen-bond acceptors (Lipinski definition) is 4. The summed E-state index contributed by atoms with van der Waals surface area (Å²) in [4.78, 5) is 0. The van der Waals surface area contributed by atoms with Gasteiger partial charge in [-0.15, -0.1) is 0 Å². The SMILES string of the molecule is CCOc1cccc(CNCCOC)c1OCCCF. The fraction of sp³-hybridized carbons (Fsp3) is 0.600. The van der Waals surface area contributed by atoms with E-state index >= 15 is 0 Å². The zero-order valence-electron chi connectivity index (χ0n) is 12.3. The fourth-order valence-corrected chi connectivity index (χ4v) is 1.76. The lowest BCUT2D eigenvalue weighted by atomic mass is 10.2. The summed E-state index contributed by atoms with van der Waals surface area (Å²) in [7, 11) is 1.67. The van der Waals surface area contributed by atoms with Crippen LogP contribution in [-0.2, 0) is 11.3 Å². The van der Waals surface area contributed by atoms with Crippen LogP contribution < -0.4 is 14.8 Å². The topological polar surface area (TPSA) is 39.7 Å². The van der Waals surface area contributed by atoms with E-state index in [4.69, 9.17) is 14.2 Å². The van der Waals surface area contributed by atoms with Crippen LogP contribution in [-0.4, -0.2) is 40.1 Å². The second-order valence-corrected chi connectivity index (χ2v) is 4.24. The van der Waals surface area contributed by atoms with Crippen molar-refractivity contribution in [3.8, 4) is 11.5 Å². The number of ether oxygens (including phenoxy) is 3. The first kappa shape index (κ1) is 16.7. The Kier molecular flexibility index (Phi) is 8.74. The molecular weight excluding hydrogens is 261 g/mol. The molecule has 0 saturated heterocycles. The van der Waals surface area contributed by atoms with Gasteiger partial charge < -0.3 is 19.5 Å². The molecule has 0 bridgehead atoms. The normalized spacial score (nSPS) is 10.6. The van der Waals surface area contributed by atoms with Gasteiger partial charge in [-0.05, 0) is 13.0 Å². The Balaban J connectivity index is 2.70. The molecule has 0 aliphatic carbocycles. The van der Waals surface area contributed by atoms with E-state index < -0.39 is 0 Å². The maximum absolute atomic E-state index is 12.2. The Hall–Kier alpha value is -1.33. The van der Waals surface area contributed by atoms with Gasteiger partial charge in [0.25, 0.3) is 0 Å². The minimum Gasteiger partial charge on any atom is -0.490 e. The number of halogens is 1. The molecule has 20 heavy (non-hydrogen) atoms. The third-order valence-corrected chi connectivity index (χ3v) is 2.68. The lowest BCUT2D eigenvalue weighted by molar-refractivity contribution is 0.199. The number of hydrogen-bond donors (Lipinski definition) is 1. The number of rotatable bonds is 11. The zero-order valence-corrected chi connectivity index (χ0v) is 12.3. The minimum atomic E-state index is -0.377. The van der Waals surface area contributed by atoms with Crippen LogP contribution in [0.3, 0.4) is 0 Å². The van der Waals surface area contributed by atoms with Crippen molar-refractivity contribution in [1.29, 1.82) is 0 Å². The first-order valence-corrected chi connectivity index (χ1v) is 6.96. The van der Waals surface area contributed by atoms with E-state index in [2.05, 4.69) is 5.32 Å². The molecule has 114 valence electrons. The summed E-state index contributed by atoms with van der Waals surface area (Å²) in [6, 6.07) is 5.78. The van der Waals surface area contributed by atoms with E-state index in [-0.39, 0.29) is 6.67 Å². The average molecular weight is 285 g/mol. The summed E-state index contributed by atoms with van der Waals surface area (Å²) < 4.78 is 28.4. The van der Waals surface area contributed by atoms with Gasteiger partial charge in [-0.2, -0.15) is 0 Å². The van der Waals surface area contributed by atoms with Gasteiger partial charge in [0, 0.05) is 32.2 Å². The Morgan fingerprint density at radius 1 is 1.20 bits per heavy atom. The maximum Gasteiger partial charge on any atom is 0.165 e. The predicted molar refractivity (Wildman–Crippen MR) is 77.3 cm³/mol. The van der Waals surface area contributed by atoms with Crippen LogP contribution in [0.5, 0.6) is 11.5 Å². The Morgan fingerprint density at radius 3 is 2.75 bits per heavy atom. The molecule has 0 aromatic heterocycles. The van der Waals surface area contributed by atoms with E-state index in [0.29, 0.717) is 44.3 Å². The molecule has 5 heteroatoms. The summed E-state index contributed by atoms with van der Waals surface area (Å²) >= 11 is 0. The molecule has 1 aromatic rings. The molecule has 1 N–H and O–H groups in total. The van der Waals surface area contributed by atoms with Gasteiger partial charge in [0.2, 0.25) is 0 Å². The minimum absolute atomic E-state index is 0.353. The van der Waals surface area contributed by atoms with Crippen molar-refractivity contribution in [1.82, 2.24) is 5.32 Å². The van der Waals surface area contributed by atoms with Crippen LogP contribution in [0, 0.1) is 0 Å². The molecule has 0 fully saturated rings. The van der Waals surface area contributed by atoms with Crippen LogP contribution >= 0.6 is 0 Å². The van der Waals surface area contributed by atoms with E-state index in [1.54, 1.807) is 7.11 Å². The standard InChI is InChI=1S/C15H24FNO3/c1-3-19-14-7-4-6-13(12-17-9-11-18-2)15(14)20-10-5-8-16/h4,6-7,17H,3,5,8-12H2,1-2H3. The van der Waals surface area contributed by atoms with E-state index in [1.807, 2.05) is 25.1 Å². The second-order valence-electron chi connectivity index (χ2n) is 4.24. The summed E-state index contributed by atoms with van der Waals surface area (Å²) in [6.45, 7) is 4.55. The van der Waals surface area contributed by atoms with Crippen LogP contribution in [0.15, 0.2) is 18.2 Å². The zero-order chi connectivity index (χ0) is 14.6. The third-order valence-electron chi connectivity index (χ3n) is 2.68. The quantitative estimate of drug-likeness (QED) is 0.634. The molecule has 0 aliphatic rings. The van der Waals surface area contributed by atoms with E-state index in [9.17, 15) is 4.39 Å². The van der Waals surface area contributed by atoms with E-state index in [1.165, 1.54) is 0 Å². The number of methoxy groups -OCH3 is 1. The predicted octanol–water partition coefficient (Wildman–Crippen LogP) is 2.56. The maximum atomic E-state index is 12.2. The Bertz CT molecular complexity index is 374. The summed E-state index contributed by atoms with van der Waals surface area (Å²) in [5, 5.41) is 3.27. The number of nitrogens with one attached hydrogen (secondary N) is 1. The average Bonchev–Trinajstić information content (AvgIpc) is 2.46. The van der Waals surface area contributed by atoms with Gasteiger partial charge in [0.1, 0.15) is 0 Å². The highest BCUT2D eigenvalue weighted by molar-refractivity contribution is 5.46. The van der Waals surface area contributed by atoms with Crippen molar-refractivity contribution in [2.24, 2.45) is 0 Å². The smallest absolute Gasteiger partial charge is 0.165 e. The van der Waals surface area contributed by atoms with Gasteiger partial charge >= 0.3 is 0 Å². The highest BCUT2D eigenvalue weighted by atomic mass is 19.1. The van der Waals surface area contributed by atoms with Crippen molar-refractivity contribution >= 4 is 0 Å². The van der Waals surface area contributed by atoms with Crippen LogP contribution in [0.1, 0.15) is 18.9 Å². The van der Waals surface area contributed by atoms with Crippen molar-refractivity contribution in [3.05, 3.63) is 23.8 Å². The van der Waals surface area contributed by atoms with Crippen molar-refractivity contribution in [3.63, 3.8) is 0 Å². The third kappa shape index (κ3) is 5.75. The van der Waals surface area contributed by atoms with Crippen molar-refractivity contribution in [2.75, 3.05) is 40.1 Å². The van der Waals surface area contributed by atoms with Gasteiger partial charge in [0.15, 0.2) is 11.5 Å². The molecule has 0 saturated carbocycles. The Morgan fingerprint density at radius 2 is 2.05 bits per heavy atom. The second kappa shape index (κ2) is 10.5. The highest BCUT2D eigenvalue weighted by Crippen LogP contribution is 2.31. The lowest BCUT2D eigenvalue weighted by Gasteiger charge is -2.16. The molecule has 1 aromatic carbocycles. The first-order valence-electron chi connectivity index (χ1n) is 6.96. The van der Waals surface area contributed by atoms with E-state index in [0.717, 1.165) is 12.1 Å². The number of benzene rings is 1. The lowest BCUT2D eigenvalue weighted by Crippen LogP contribution is -2.19. The highest BCUT2D eigenvalue weighted by Gasteiger charge is 2.10. The number of alkyl halides is 1.